The third-order valence-corrected chi connectivity index (χ3v) is 1.87. The first-order valence-corrected chi connectivity index (χ1v) is 5.28. The van der Waals surface area contributed by atoms with E-state index in [1.54, 1.807) is 6.07 Å². The van der Waals surface area contributed by atoms with Crippen molar-refractivity contribution in [3.63, 3.8) is 0 Å². The Kier molecular flexibility index (Phi) is 3.38. The number of ether oxygens (including phenoxy) is 1. The average Bonchev–Trinajstić information content (AvgIpc) is 2.25. The molecule has 1 aromatic heterocycles. The van der Waals surface area contributed by atoms with Gasteiger partial charge < -0.3 is 10.5 Å². The van der Waals surface area contributed by atoms with Crippen LogP contribution in [0.4, 0.5) is 5.82 Å². The molecule has 6 heteroatoms. The number of nitrogens with zero attached hydrogens (tertiary/aromatic N) is 2. The van der Waals surface area contributed by atoms with Crippen LogP contribution in [0.3, 0.4) is 0 Å². The van der Waals surface area contributed by atoms with Crippen molar-refractivity contribution in [3.8, 4) is 0 Å². The smallest absolute Gasteiger partial charge is 0.328 e. The van der Waals surface area contributed by atoms with Gasteiger partial charge in [0.25, 0.3) is 0 Å². The summed E-state index contributed by atoms with van der Waals surface area (Å²) < 4.78 is 7.12. The molecule has 1 heterocycles. The van der Waals surface area contributed by atoms with E-state index in [-0.39, 0.29) is 12.5 Å². The molecular formula is C9H14BrN3O2. The summed E-state index contributed by atoms with van der Waals surface area (Å²) in [6.07, 6.45) is 0. The van der Waals surface area contributed by atoms with E-state index < -0.39 is 5.60 Å². The second kappa shape index (κ2) is 4.22. The van der Waals surface area contributed by atoms with E-state index in [1.165, 1.54) is 4.68 Å². The third kappa shape index (κ3) is 3.91. The maximum Gasteiger partial charge on any atom is 0.328 e. The van der Waals surface area contributed by atoms with E-state index in [0.717, 1.165) is 0 Å². The highest BCUT2D eigenvalue weighted by atomic mass is 79.9. The van der Waals surface area contributed by atoms with Crippen LogP contribution >= 0.6 is 15.9 Å². The van der Waals surface area contributed by atoms with Crippen molar-refractivity contribution in [2.45, 2.75) is 32.9 Å². The number of rotatable bonds is 2. The van der Waals surface area contributed by atoms with Crippen LogP contribution in [0.5, 0.6) is 0 Å². The van der Waals surface area contributed by atoms with Crippen molar-refractivity contribution >= 4 is 27.7 Å². The number of esters is 1. The lowest BCUT2D eigenvalue weighted by Gasteiger charge is -2.19. The molecule has 0 amide bonds. The van der Waals surface area contributed by atoms with E-state index in [4.69, 9.17) is 10.5 Å². The predicted molar refractivity (Wildman–Crippen MR) is 60.2 cm³/mol. The second-order valence-electron chi connectivity index (χ2n) is 4.14. The number of carbonyl (C=O) groups excluding carboxylic acids is 1. The normalized spacial score (nSPS) is 11.5. The quantitative estimate of drug-likeness (QED) is 0.832. The van der Waals surface area contributed by atoms with E-state index >= 15 is 0 Å². The van der Waals surface area contributed by atoms with Gasteiger partial charge in [-0.25, -0.2) is 4.68 Å². The van der Waals surface area contributed by atoms with Crippen molar-refractivity contribution in [2.75, 3.05) is 5.73 Å². The van der Waals surface area contributed by atoms with Gasteiger partial charge in [-0.1, -0.05) is 0 Å². The van der Waals surface area contributed by atoms with E-state index in [2.05, 4.69) is 21.0 Å². The van der Waals surface area contributed by atoms with E-state index in [1.807, 2.05) is 20.8 Å². The fraction of sp³-hybridized carbons (Fsp3) is 0.556. The number of hydrogen-bond donors (Lipinski definition) is 1. The van der Waals surface area contributed by atoms with Gasteiger partial charge in [0.1, 0.15) is 22.6 Å². The van der Waals surface area contributed by atoms with Crippen molar-refractivity contribution < 1.29 is 9.53 Å². The first kappa shape index (κ1) is 12.0. The van der Waals surface area contributed by atoms with Crippen LogP contribution in [0, 0.1) is 0 Å². The number of halogens is 1. The zero-order valence-electron chi connectivity index (χ0n) is 8.95. The van der Waals surface area contributed by atoms with E-state index in [9.17, 15) is 4.79 Å². The fourth-order valence-corrected chi connectivity index (χ4v) is 1.45. The molecule has 0 aromatic carbocycles. The highest BCUT2D eigenvalue weighted by Gasteiger charge is 2.17. The highest BCUT2D eigenvalue weighted by molar-refractivity contribution is 9.10. The zero-order valence-corrected chi connectivity index (χ0v) is 10.5. The van der Waals surface area contributed by atoms with Gasteiger partial charge in [0.05, 0.1) is 0 Å². The minimum atomic E-state index is -0.490. The largest absolute Gasteiger partial charge is 0.459 e. The summed E-state index contributed by atoms with van der Waals surface area (Å²) in [6.45, 7) is 5.46. The second-order valence-corrected chi connectivity index (χ2v) is 4.95. The maximum atomic E-state index is 11.4. The first-order chi connectivity index (χ1) is 6.78. The van der Waals surface area contributed by atoms with Gasteiger partial charge >= 0.3 is 5.97 Å². The van der Waals surface area contributed by atoms with Crippen LogP contribution in [0.15, 0.2) is 10.7 Å². The number of aromatic nitrogens is 2. The summed E-state index contributed by atoms with van der Waals surface area (Å²) in [5, 5.41) is 3.99. The SMILES string of the molecule is CC(C)(C)OC(=O)Cn1nc(Br)cc1N. The lowest BCUT2D eigenvalue weighted by Crippen LogP contribution is -2.27. The summed E-state index contributed by atoms with van der Waals surface area (Å²) in [6, 6.07) is 1.63. The Balaban J connectivity index is 2.63. The van der Waals surface area contributed by atoms with Crippen LogP contribution in [0.25, 0.3) is 0 Å². The summed E-state index contributed by atoms with van der Waals surface area (Å²) in [5.41, 5.74) is 5.13. The van der Waals surface area contributed by atoms with Gasteiger partial charge in [0.2, 0.25) is 0 Å². The van der Waals surface area contributed by atoms with Gasteiger partial charge in [0, 0.05) is 6.07 Å². The molecule has 0 aliphatic carbocycles. The molecular weight excluding hydrogens is 262 g/mol. The molecule has 1 rings (SSSR count). The number of hydrogen-bond acceptors (Lipinski definition) is 4. The highest BCUT2D eigenvalue weighted by Crippen LogP contribution is 2.13. The van der Waals surface area contributed by atoms with Crippen molar-refractivity contribution in [2.24, 2.45) is 0 Å². The van der Waals surface area contributed by atoms with Crippen molar-refractivity contribution in [1.82, 2.24) is 9.78 Å². The van der Waals surface area contributed by atoms with Gasteiger partial charge in [-0.3, -0.25) is 4.79 Å². The average molecular weight is 276 g/mol. The third-order valence-electron chi connectivity index (χ3n) is 1.48. The summed E-state index contributed by atoms with van der Waals surface area (Å²) >= 11 is 3.17. The van der Waals surface area contributed by atoms with Crippen LogP contribution in [-0.4, -0.2) is 21.4 Å². The molecule has 0 saturated heterocycles. The summed E-state index contributed by atoms with van der Waals surface area (Å²) in [4.78, 5) is 11.4. The maximum absolute atomic E-state index is 11.4. The van der Waals surface area contributed by atoms with Gasteiger partial charge in [-0.05, 0) is 36.7 Å². The van der Waals surface area contributed by atoms with Gasteiger partial charge in [0.15, 0.2) is 0 Å². The Bertz CT molecular complexity index is 368. The van der Waals surface area contributed by atoms with E-state index in [0.29, 0.717) is 10.4 Å². The number of carbonyl (C=O) groups is 1. The lowest BCUT2D eigenvalue weighted by atomic mass is 10.2. The van der Waals surface area contributed by atoms with Gasteiger partial charge in [-0.2, -0.15) is 5.10 Å². The molecule has 0 atom stereocenters. The molecule has 15 heavy (non-hydrogen) atoms. The molecule has 0 saturated carbocycles. The molecule has 0 aliphatic rings. The minimum absolute atomic E-state index is 0.0225. The van der Waals surface area contributed by atoms with Crippen molar-refractivity contribution in [3.05, 3.63) is 10.7 Å². The molecule has 0 fully saturated rings. The summed E-state index contributed by atoms with van der Waals surface area (Å²) in [7, 11) is 0. The first-order valence-electron chi connectivity index (χ1n) is 4.48. The monoisotopic (exact) mass is 275 g/mol. The number of nitrogens with two attached hydrogens (primary N) is 1. The molecule has 0 unspecified atom stereocenters. The number of nitrogen functional groups attached to an aromatic ring is 1. The molecule has 0 spiro atoms. The Morgan fingerprint density at radius 3 is 2.67 bits per heavy atom. The molecule has 0 radical (unpaired) electrons. The van der Waals surface area contributed by atoms with Crippen LogP contribution in [0.1, 0.15) is 20.8 Å². The minimum Gasteiger partial charge on any atom is -0.459 e. The Morgan fingerprint density at radius 2 is 2.27 bits per heavy atom. The van der Waals surface area contributed by atoms with Gasteiger partial charge in [-0.15, -0.1) is 0 Å². The van der Waals surface area contributed by atoms with Crippen LogP contribution < -0.4 is 5.73 Å². The molecule has 2 N–H and O–H groups in total. The van der Waals surface area contributed by atoms with Crippen LogP contribution in [0.2, 0.25) is 0 Å². The Morgan fingerprint density at radius 1 is 1.67 bits per heavy atom. The zero-order chi connectivity index (χ0) is 11.6. The molecule has 84 valence electrons. The van der Waals surface area contributed by atoms with Crippen LogP contribution in [-0.2, 0) is 16.1 Å². The summed E-state index contributed by atoms with van der Waals surface area (Å²) in [5.74, 6) is 0.0672. The topological polar surface area (TPSA) is 70.1 Å². The fourth-order valence-electron chi connectivity index (χ4n) is 1.02. The molecule has 0 bridgehead atoms. The standard InChI is InChI=1S/C9H14BrN3O2/c1-9(2,3)15-8(14)5-13-7(11)4-6(10)12-13/h4H,5,11H2,1-3H3. The molecule has 1 aromatic rings. The lowest BCUT2D eigenvalue weighted by molar-refractivity contribution is -0.155. The predicted octanol–water partition coefficient (Wildman–Crippen LogP) is 1.57. The Hall–Kier alpha value is -1.04. The number of anilines is 1. The molecule has 0 aliphatic heterocycles. The Labute approximate surface area is 96.7 Å². The van der Waals surface area contributed by atoms with Crippen molar-refractivity contribution in [1.29, 1.82) is 0 Å². The molecule has 5 nitrogen and oxygen atoms in total.